The Morgan fingerprint density at radius 2 is 1.00 bits per heavy atom. The van der Waals surface area contributed by atoms with E-state index in [0.717, 1.165) is 102 Å². The third kappa shape index (κ3) is 20.9. The number of esters is 1. The molecular weight excluding hydrogens is 648 g/mol. The highest BCUT2D eigenvalue weighted by Crippen LogP contribution is 2.33. The summed E-state index contributed by atoms with van der Waals surface area (Å²) < 4.78 is 4.60. The van der Waals surface area contributed by atoms with Crippen molar-refractivity contribution in [1.82, 2.24) is 31.9 Å². The normalized spacial score (nSPS) is 17.8. The molecule has 0 aromatic carbocycles. The summed E-state index contributed by atoms with van der Waals surface area (Å²) in [5.74, 6) is 0.970. The van der Waals surface area contributed by atoms with Gasteiger partial charge in [0.25, 0.3) is 0 Å². The summed E-state index contributed by atoms with van der Waals surface area (Å²) >= 11 is 1.90. The molecule has 3 unspecified atom stereocenters. The Morgan fingerprint density at radius 3 is 1.43 bits per heavy atom. The van der Waals surface area contributed by atoms with E-state index in [4.69, 9.17) is 0 Å². The zero-order valence-corrected chi connectivity index (χ0v) is 30.5. The van der Waals surface area contributed by atoms with Gasteiger partial charge in [-0.3, -0.25) is 24.0 Å². The van der Waals surface area contributed by atoms with Crippen LogP contribution in [0.4, 0.5) is 4.79 Å². The van der Waals surface area contributed by atoms with E-state index in [1.807, 2.05) is 11.8 Å². The van der Waals surface area contributed by atoms with E-state index in [9.17, 15) is 28.8 Å². The first-order valence-electron chi connectivity index (χ1n) is 18.6. The van der Waals surface area contributed by atoms with Gasteiger partial charge in [0, 0.05) is 69.3 Å². The number of fused-ring (bicyclic) bond motifs is 1. The molecule has 2 fully saturated rings. The highest BCUT2D eigenvalue weighted by molar-refractivity contribution is 8.00. The molecule has 0 aromatic rings. The largest absolute Gasteiger partial charge is 0.469 e. The molecule has 49 heavy (non-hydrogen) atoms. The van der Waals surface area contributed by atoms with Crippen molar-refractivity contribution in [2.24, 2.45) is 0 Å². The summed E-state index contributed by atoms with van der Waals surface area (Å²) in [7, 11) is 1.38. The van der Waals surface area contributed by atoms with Crippen molar-refractivity contribution in [1.29, 1.82) is 0 Å². The molecule has 2 aliphatic heterocycles. The van der Waals surface area contributed by atoms with Crippen LogP contribution in [-0.4, -0.2) is 92.0 Å². The summed E-state index contributed by atoms with van der Waals surface area (Å²) in [5, 5.41) is 18.2. The highest BCUT2D eigenvalue weighted by Gasteiger charge is 2.42. The molecule has 2 aliphatic rings. The molecule has 0 radical (unpaired) electrons. The Labute approximate surface area is 297 Å². The van der Waals surface area contributed by atoms with Gasteiger partial charge >= 0.3 is 12.0 Å². The third-order valence-corrected chi connectivity index (χ3v) is 10.4. The zero-order chi connectivity index (χ0) is 35.5. The fourth-order valence-corrected chi connectivity index (χ4v) is 7.52. The van der Waals surface area contributed by atoms with Gasteiger partial charge in [0.1, 0.15) is 0 Å². The van der Waals surface area contributed by atoms with Crippen molar-refractivity contribution in [2.75, 3.05) is 39.0 Å². The van der Waals surface area contributed by atoms with Crippen LogP contribution in [0.2, 0.25) is 0 Å². The molecule has 0 aromatic heterocycles. The molecule has 2 heterocycles. The number of carbonyl (C=O) groups excluding carboxylic acids is 6. The van der Waals surface area contributed by atoms with Crippen LogP contribution in [0.1, 0.15) is 128 Å². The van der Waals surface area contributed by atoms with E-state index < -0.39 is 0 Å². The first-order valence-corrected chi connectivity index (χ1v) is 19.7. The average Bonchev–Trinajstić information content (AvgIpc) is 3.64. The number of nitrogens with one attached hydrogen (secondary N) is 6. The highest BCUT2D eigenvalue weighted by atomic mass is 32.2. The maximum absolute atomic E-state index is 12.1. The van der Waals surface area contributed by atoms with E-state index >= 15 is 0 Å². The van der Waals surface area contributed by atoms with Gasteiger partial charge in [0.2, 0.25) is 23.6 Å². The van der Waals surface area contributed by atoms with Crippen LogP contribution in [0.3, 0.4) is 0 Å². The lowest BCUT2D eigenvalue weighted by molar-refractivity contribution is -0.140. The molecule has 6 amide bonds. The van der Waals surface area contributed by atoms with Crippen LogP contribution >= 0.6 is 11.8 Å². The summed E-state index contributed by atoms with van der Waals surface area (Å²) in [6.45, 7) is 2.49. The molecule has 3 atom stereocenters. The van der Waals surface area contributed by atoms with Gasteiger partial charge < -0.3 is 36.6 Å². The molecule has 13 nitrogen and oxygen atoms in total. The van der Waals surface area contributed by atoms with Crippen molar-refractivity contribution in [2.45, 2.75) is 146 Å². The first kappa shape index (κ1) is 42.1. The molecule has 0 aliphatic carbocycles. The van der Waals surface area contributed by atoms with Crippen molar-refractivity contribution >= 4 is 47.4 Å². The number of methoxy groups -OCH3 is 1. The summed E-state index contributed by atoms with van der Waals surface area (Å²) in [4.78, 5) is 70.6. The minimum absolute atomic E-state index is 0.0425. The molecule has 14 heteroatoms. The van der Waals surface area contributed by atoms with E-state index in [1.165, 1.54) is 7.11 Å². The molecule has 2 saturated heterocycles. The fourth-order valence-electron chi connectivity index (χ4n) is 5.97. The zero-order valence-electron chi connectivity index (χ0n) is 29.7. The number of unbranched alkanes of at least 4 members (excludes halogenated alkanes) is 9. The maximum atomic E-state index is 12.1. The van der Waals surface area contributed by atoms with Gasteiger partial charge in [-0.05, 0) is 64.2 Å². The van der Waals surface area contributed by atoms with Gasteiger partial charge in [0.15, 0.2) is 0 Å². The number of urea groups is 1. The quantitative estimate of drug-likeness (QED) is 0.0387. The molecular formula is C35H62N6O7S. The van der Waals surface area contributed by atoms with Gasteiger partial charge in [-0.25, -0.2) is 4.79 Å². The minimum Gasteiger partial charge on any atom is -0.469 e. The van der Waals surface area contributed by atoms with Crippen molar-refractivity contribution in [3.05, 3.63) is 0 Å². The van der Waals surface area contributed by atoms with Gasteiger partial charge in [-0.1, -0.05) is 32.1 Å². The lowest BCUT2D eigenvalue weighted by Gasteiger charge is -2.16. The molecule has 0 bridgehead atoms. The van der Waals surface area contributed by atoms with Crippen molar-refractivity contribution < 1.29 is 33.5 Å². The van der Waals surface area contributed by atoms with Crippen LogP contribution in [0.25, 0.3) is 0 Å². The summed E-state index contributed by atoms with van der Waals surface area (Å²) in [5.41, 5.74) is 0. The Morgan fingerprint density at radius 1 is 0.592 bits per heavy atom. The van der Waals surface area contributed by atoms with Crippen molar-refractivity contribution in [3.63, 3.8) is 0 Å². The van der Waals surface area contributed by atoms with Crippen LogP contribution in [0, 0.1) is 0 Å². The molecule has 280 valence electrons. The van der Waals surface area contributed by atoms with E-state index in [2.05, 4.69) is 36.6 Å². The number of hydrogen-bond donors (Lipinski definition) is 6. The second kappa shape index (κ2) is 26.8. The Kier molecular flexibility index (Phi) is 23.0. The van der Waals surface area contributed by atoms with E-state index in [-0.39, 0.29) is 47.7 Å². The van der Waals surface area contributed by atoms with Gasteiger partial charge in [-0.2, -0.15) is 11.8 Å². The SMILES string of the molecule is COC(=O)CCCCCNC(=O)CCCCCNC(=O)CCCCCNC(=O)CCCCCNC(=O)CCCCC1SCC2NC(=O)NC21. The molecule has 0 saturated carbocycles. The summed E-state index contributed by atoms with van der Waals surface area (Å²) in [6, 6.07) is 0.397. The topological polar surface area (TPSA) is 184 Å². The van der Waals surface area contributed by atoms with Gasteiger partial charge in [0.05, 0.1) is 19.2 Å². The van der Waals surface area contributed by atoms with Crippen LogP contribution in [0.15, 0.2) is 0 Å². The predicted octanol–water partition coefficient (Wildman–Crippen LogP) is 3.59. The molecule has 0 spiro atoms. The monoisotopic (exact) mass is 710 g/mol. The number of thioether (sulfide) groups is 1. The Hall–Kier alpha value is -3.03. The lowest BCUT2D eigenvalue weighted by atomic mass is 10.0. The molecule has 6 N–H and O–H groups in total. The van der Waals surface area contributed by atoms with E-state index in [0.29, 0.717) is 63.5 Å². The Balaban J connectivity index is 1.27. The number of hydrogen-bond acceptors (Lipinski definition) is 8. The van der Waals surface area contributed by atoms with Crippen LogP contribution < -0.4 is 31.9 Å². The molecule has 2 rings (SSSR count). The lowest BCUT2D eigenvalue weighted by Crippen LogP contribution is -2.36. The van der Waals surface area contributed by atoms with Crippen molar-refractivity contribution in [3.8, 4) is 0 Å². The second-order valence-electron chi connectivity index (χ2n) is 13.1. The number of carbonyl (C=O) groups is 6. The number of amides is 6. The number of rotatable bonds is 29. The Bertz CT molecular complexity index is 1020. The standard InChI is InChI=1S/C35H62N6O7S/c1-48-33(46)21-9-5-15-25-38-31(44)19-7-3-13-23-36-29(42)17-6-2-12-22-37-30(43)18-8-4-14-24-39-32(45)20-11-10-16-28-34-27(26-49-28)40-35(47)41-34/h27-28,34H,2-26H2,1H3,(H,36,42)(H,37,43)(H,38,44)(H,39,45)(H2,40,41,47). The van der Waals surface area contributed by atoms with Crippen LogP contribution in [0.5, 0.6) is 0 Å². The second-order valence-corrected chi connectivity index (χ2v) is 14.4. The maximum Gasteiger partial charge on any atom is 0.315 e. The average molecular weight is 711 g/mol. The third-order valence-electron chi connectivity index (χ3n) is 8.90. The predicted molar refractivity (Wildman–Crippen MR) is 192 cm³/mol. The van der Waals surface area contributed by atoms with Crippen LogP contribution in [-0.2, 0) is 28.7 Å². The summed E-state index contributed by atoms with van der Waals surface area (Å²) in [6.07, 6.45) is 15.3. The smallest absolute Gasteiger partial charge is 0.315 e. The van der Waals surface area contributed by atoms with Gasteiger partial charge in [-0.15, -0.1) is 0 Å². The number of ether oxygens (including phenoxy) is 1. The fraction of sp³-hybridized carbons (Fsp3) is 0.829. The first-order chi connectivity index (χ1) is 23.8. The van der Waals surface area contributed by atoms with E-state index in [1.54, 1.807) is 0 Å². The minimum atomic E-state index is -0.199.